The topological polar surface area (TPSA) is 57.2 Å². The van der Waals surface area contributed by atoms with Gasteiger partial charge in [0.15, 0.2) is 0 Å². The van der Waals surface area contributed by atoms with E-state index in [2.05, 4.69) is 31.4 Å². The monoisotopic (exact) mass is 341 g/mol. The summed E-state index contributed by atoms with van der Waals surface area (Å²) in [6.07, 6.45) is 3.49. The van der Waals surface area contributed by atoms with E-state index in [1.54, 1.807) is 12.3 Å². The Hall–Kier alpha value is -2.40. The molecule has 0 aliphatic carbocycles. The molecule has 0 aliphatic heterocycles. The smallest absolute Gasteiger partial charge is 0.272 e. The van der Waals surface area contributed by atoms with Crippen molar-refractivity contribution in [1.29, 1.82) is 0 Å². The van der Waals surface area contributed by atoms with E-state index in [4.69, 9.17) is 0 Å². The molecule has 2 aromatic carbocycles. The van der Waals surface area contributed by atoms with Gasteiger partial charge in [-0.2, -0.15) is 5.10 Å². The van der Waals surface area contributed by atoms with Crippen LogP contribution in [0, 0.1) is 0 Å². The molecule has 0 atom stereocenters. The van der Waals surface area contributed by atoms with Crippen molar-refractivity contribution in [3.8, 4) is 0 Å². The van der Waals surface area contributed by atoms with Crippen molar-refractivity contribution in [2.75, 3.05) is 0 Å². The Morgan fingerprint density at radius 1 is 1.14 bits per heavy atom. The van der Waals surface area contributed by atoms with Crippen LogP contribution in [0.5, 0.6) is 0 Å². The van der Waals surface area contributed by atoms with Crippen molar-refractivity contribution in [3.63, 3.8) is 0 Å². The first-order valence-corrected chi connectivity index (χ1v) is 7.19. The number of hydrazone groups is 1. The van der Waals surface area contributed by atoms with Crippen molar-refractivity contribution in [2.24, 2.45) is 5.10 Å². The van der Waals surface area contributed by atoms with Crippen LogP contribution in [0.2, 0.25) is 0 Å². The number of aromatic nitrogens is 1. The molecule has 0 bridgehead atoms. The maximum absolute atomic E-state index is 12.0. The number of halogens is 1. The average Bonchev–Trinajstić information content (AvgIpc) is 2.91. The van der Waals surface area contributed by atoms with Crippen LogP contribution in [-0.4, -0.2) is 17.1 Å². The largest absolute Gasteiger partial charge is 0.361 e. The summed E-state index contributed by atoms with van der Waals surface area (Å²) in [5.74, 6) is -0.251. The molecule has 0 saturated carbocycles. The number of nitrogens with one attached hydrogen (secondary N) is 2. The lowest BCUT2D eigenvalue weighted by Crippen LogP contribution is -2.17. The number of aromatic amines is 1. The zero-order valence-corrected chi connectivity index (χ0v) is 12.6. The Bertz CT molecular complexity index is 823. The van der Waals surface area contributed by atoms with Crippen LogP contribution in [0.15, 0.2) is 64.3 Å². The number of carbonyl (C=O) groups is 1. The van der Waals surface area contributed by atoms with Crippen LogP contribution in [0.3, 0.4) is 0 Å². The minimum absolute atomic E-state index is 0.251. The van der Waals surface area contributed by atoms with E-state index in [-0.39, 0.29) is 5.91 Å². The minimum Gasteiger partial charge on any atom is -0.361 e. The molecule has 3 aromatic rings. The Balaban J connectivity index is 1.76. The van der Waals surface area contributed by atoms with Gasteiger partial charge in [-0.3, -0.25) is 4.79 Å². The normalized spacial score (nSPS) is 11.1. The number of H-pyrrole nitrogens is 1. The molecular formula is C16H12BrN3O. The lowest BCUT2D eigenvalue weighted by molar-refractivity contribution is 0.0954. The fraction of sp³-hybridized carbons (Fsp3) is 0. The molecule has 5 heteroatoms. The van der Waals surface area contributed by atoms with E-state index in [0.29, 0.717) is 5.56 Å². The van der Waals surface area contributed by atoms with Crippen LogP contribution in [-0.2, 0) is 0 Å². The van der Waals surface area contributed by atoms with Gasteiger partial charge in [0.2, 0.25) is 0 Å². The first kappa shape index (κ1) is 13.6. The summed E-state index contributed by atoms with van der Waals surface area (Å²) in [5.41, 5.74) is 5.05. The van der Waals surface area contributed by atoms with Crippen molar-refractivity contribution in [3.05, 3.63) is 70.3 Å². The molecule has 21 heavy (non-hydrogen) atoms. The van der Waals surface area contributed by atoms with Gasteiger partial charge in [0.1, 0.15) is 0 Å². The second-order valence-electron chi connectivity index (χ2n) is 4.47. The van der Waals surface area contributed by atoms with Crippen LogP contribution in [0.4, 0.5) is 0 Å². The molecule has 2 N–H and O–H groups in total. The second-order valence-corrected chi connectivity index (χ2v) is 5.32. The molecule has 0 fully saturated rings. The lowest BCUT2D eigenvalue weighted by Gasteiger charge is -2.01. The molecule has 4 nitrogen and oxygen atoms in total. The SMILES string of the molecule is O=C(N/N=C\c1c[nH]c2ccccc12)c1ccccc1Br. The van der Waals surface area contributed by atoms with Gasteiger partial charge in [-0.25, -0.2) is 5.43 Å². The molecule has 0 aliphatic rings. The molecule has 0 saturated heterocycles. The number of para-hydroxylation sites is 1. The van der Waals surface area contributed by atoms with Crippen LogP contribution in [0.25, 0.3) is 10.9 Å². The number of fused-ring (bicyclic) bond motifs is 1. The summed E-state index contributed by atoms with van der Waals surface area (Å²) in [6.45, 7) is 0. The highest BCUT2D eigenvalue weighted by Crippen LogP contribution is 2.16. The Labute approximate surface area is 130 Å². The predicted octanol–water partition coefficient (Wildman–Crippen LogP) is 3.69. The summed E-state index contributed by atoms with van der Waals surface area (Å²) < 4.78 is 0.741. The van der Waals surface area contributed by atoms with Crippen LogP contribution >= 0.6 is 15.9 Å². The number of hydrogen-bond donors (Lipinski definition) is 2. The summed E-state index contributed by atoms with van der Waals surface area (Å²) >= 11 is 3.34. The van der Waals surface area contributed by atoms with E-state index in [0.717, 1.165) is 20.9 Å². The zero-order valence-electron chi connectivity index (χ0n) is 11.0. The number of nitrogens with zero attached hydrogens (tertiary/aromatic N) is 1. The predicted molar refractivity (Wildman–Crippen MR) is 87.5 cm³/mol. The van der Waals surface area contributed by atoms with Gasteiger partial charge in [-0.1, -0.05) is 30.3 Å². The summed E-state index contributed by atoms with van der Waals surface area (Å²) in [6, 6.07) is 15.1. The van der Waals surface area contributed by atoms with Gasteiger partial charge in [-0.15, -0.1) is 0 Å². The van der Waals surface area contributed by atoms with E-state index < -0.39 is 0 Å². The number of amides is 1. The molecule has 0 spiro atoms. The number of benzene rings is 2. The second kappa shape index (κ2) is 5.93. The van der Waals surface area contributed by atoms with Gasteiger partial charge in [0, 0.05) is 27.1 Å². The summed E-state index contributed by atoms with van der Waals surface area (Å²) in [7, 11) is 0. The summed E-state index contributed by atoms with van der Waals surface area (Å²) in [4.78, 5) is 15.2. The Morgan fingerprint density at radius 2 is 1.90 bits per heavy atom. The highest BCUT2D eigenvalue weighted by Gasteiger charge is 2.07. The Kier molecular flexibility index (Phi) is 3.83. The zero-order chi connectivity index (χ0) is 14.7. The molecule has 1 aromatic heterocycles. The highest BCUT2D eigenvalue weighted by atomic mass is 79.9. The van der Waals surface area contributed by atoms with Gasteiger partial charge >= 0.3 is 0 Å². The molecule has 1 heterocycles. The van der Waals surface area contributed by atoms with E-state index in [1.807, 2.05) is 48.7 Å². The fourth-order valence-electron chi connectivity index (χ4n) is 2.07. The van der Waals surface area contributed by atoms with Gasteiger partial charge in [0.25, 0.3) is 5.91 Å². The number of carbonyl (C=O) groups excluding carboxylic acids is 1. The van der Waals surface area contributed by atoms with Gasteiger partial charge in [-0.05, 0) is 34.1 Å². The van der Waals surface area contributed by atoms with Crippen LogP contribution in [0.1, 0.15) is 15.9 Å². The van der Waals surface area contributed by atoms with Crippen LogP contribution < -0.4 is 5.43 Å². The lowest BCUT2D eigenvalue weighted by atomic mass is 10.2. The first-order valence-electron chi connectivity index (χ1n) is 6.40. The van der Waals surface area contributed by atoms with Crippen molar-refractivity contribution in [1.82, 2.24) is 10.4 Å². The van der Waals surface area contributed by atoms with Crippen molar-refractivity contribution < 1.29 is 4.79 Å². The first-order chi connectivity index (χ1) is 10.3. The van der Waals surface area contributed by atoms with E-state index >= 15 is 0 Å². The summed E-state index contributed by atoms with van der Waals surface area (Å²) in [5, 5.41) is 5.08. The Morgan fingerprint density at radius 3 is 2.76 bits per heavy atom. The third kappa shape index (κ3) is 2.87. The maximum atomic E-state index is 12.0. The number of hydrogen-bond acceptors (Lipinski definition) is 2. The fourth-order valence-corrected chi connectivity index (χ4v) is 2.53. The van der Waals surface area contributed by atoms with Gasteiger partial charge < -0.3 is 4.98 Å². The van der Waals surface area contributed by atoms with Crippen molar-refractivity contribution >= 4 is 39.0 Å². The molecule has 0 radical (unpaired) electrons. The highest BCUT2D eigenvalue weighted by molar-refractivity contribution is 9.10. The molecule has 104 valence electrons. The van der Waals surface area contributed by atoms with Crippen molar-refractivity contribution in [2.45, 2.75) is 0 Å². The third-order valence-electron chi connectivity index (χ3n) is 3.11. The number of rotatable bonds is 3. The maximum Gasteiger partial charge on any atom is 0.272 e. The van der Waals surface area contributed by atoms with Gasteiger partial charge in [0.05, 0.1) is 11.8 Å². The van der Waals surface area contributed by atoms with E-state index in [9.17, 15) is 4.79 Å². The average molecular weight is 342 g/mol. The standard InChI is InChI=1S/C16H12BrN3O/c17-14-7-3-1-6-13(14)16(21)20-19-10-11-9-18-15-8-4-2-5-12(11)15/h1-10,18H,(H,20,21)/b19-10-. The molecular weight excluding hydrogens is 330 g/mol. The molecule has 3 rings (SSSR count). The quantitative estimate of drug-likeness (QED) is 0.553. The van der Waals surface area contributed by atoms with E-state index in [1.165, 1.54) is 0 Å². The molecule has 0 unspecified atom stereocenters. The molecule has 1 amide bonds. The third-order valence-corrected chi connectivity index (χ3v) is 3.80. The minimum atomic E-state index is -0.251.